The lowest BCUT2D eigenvalue weighted by atomic mass is 10.1. The SMILES string of the molecule is COCCCCC(NC=O)C(=O)O. The molecule has 0 fully saturated rings. The third-order valence-corrected chi connectivity index (χ3v) is 1.66. The monoisotopic (exact) mass is 189 g/mol. The third kappa shape index (κ3) is 6.10. The van der Waals surface area contributed by atoms with E-state index in [1.807, 2.05) is 0 Å². The van der Waals surface area contributed by atoms with Gasteiger partial charge in [-0.05, 0) is 19.3 Å². The fourth-order valence-corrected chi connectivity index (χ4v) is 0.955. The Labute approximate surface area is 77.1 Å². The predicted molar refractivity (Wildman–Crippen MR) is 46.4 cm³/mol. The maximum absolute atomic E-state index is 10.5. The molecule has 0 aromatic heterocycles. The first-order valence-electron chi connectivity index (χ1n) is 4.13. The number of unbranched alkanes of at least 4 members (excludes halogenated alkanes) is 1. The van der Waals surface area contributed by atoms with Crippen LogP contribution in [0.5, 0.6) is 0 Å². The predicted octanol–water partition coefficient (Wildman–Crippen LogP) is 0.00230. The number of rotatable bonds is 8. The van der Waals surface area contributed by atoms with E-state index in [2.05, 4.69) is 5.32 Å². The first kappa shape index (κ1) is 11.9. The normalized spacial score (nSPS) is 12.1. The zero-order valence-electron chi connectivity index (χ0n) is 7.66. The molecule has 0 radical (unpaired) electrons. The molecule has 0 saturated carbocycles. The summed E-state index contributed by atoms with van der Waals surface area (Å²) < 4.78 is 4.81. The van der Waals surface area contributed by atoms with Crippen molar-refractivity contribution in [1.82, 2.24) is 5.32 Å². The molecule has 0 aromatic rings. The van der Waals surface area contributed by atoms with Crippen molar-refractivity contribution in [1.29, 1.82) is 0 Å². The molecule has 0 aromatic carbocycles. The molecule has 0 heterocycles. The van der Waals surface area contributed by atoms with E-state index >= 15 is 0 Å². The summed E-state index contributed by atoms with van der Waals surface area (Å²) in [5, 5.41) is 10.8. The largest absolute Gasteiger partial charge is 0.480 e. The number of carboxylic acid groups (broad SMARTS) is 1. The maximum atomic E-state index is 10.5. The van der Waals surface area contributed by atoms with E-state index in [-0.39, 0.29) is 0 Å². The van der Waals surface area contributed by atoms with E-state index in [1.54, 1.807) is 7.11 Å². The van der Waals surface area contributed by atoms with E-state index in [1.165, 1.54) is 0 Å². The summed E-state index contributed by atoms with van der Waals surface area (Å²) in [6.45, 7) is 0.618. The quantitative estimate of drug-likeness (QED) is 0.416. The van der Waals surface area contributed by atoms with E-state index in [0.29, 0.717) is 19.4 Å². The highest BCUT2D eigenvalue weighted by atomic mass is 16.5. The number of carbonyl (C=O) groups is 2. The van der Waals surface area contributed by atoms with Gasteiger partial charge < -0.3 is 15.2 Å². The number of aliphatic carboxylic acids is 1. The number of carbonyl (C=O) groups excluding carboxylic acids is 1. The van der Waals surface area contributed by atoms with Gasteiger partial charge in [0.2, 0.25) is 6.41 Å². The zero-order chi connectivity index (χ0) is 10.1. The molecule has 0 rings (SSSR count). The van der Waals surface area contributed by atoms with Crippen LogP contribution in [0, 0.1) is 0 Å². The van der Waals surface area contributed by atoms with Gasteiger partial charge in [-0.25, -0.2) is 4.79 Å². The van der Waals surface area contributed by atoms with Crippen molar-refractivity contribution >= 4 is 12.4 Å². The maximum Gasteiger partial charge on any atom is 0.326 e. The van der Waals surface area contributed by atoms with Crippen LogP contribution in [0.1, 0.15) is 19.3 Å². The number of nitrogens with one attached hydrogen (secondary N) is 1. The molecule has 0 aliphatic carbocycles. The molecule has 1 amide bonds. The van der Waals surface area contributed by atoms with Crippen molar-refractivity contribution < 1.29 is 19.4 Å². The van der Waals surface area contributed by atoms with Crippen LogP contribution in [0.3, 0.4) is 0 Å². The van der Waals surface area contributed by atoms with Crippen LogP contribution in [-0.4, -0.2) is 37.2 Å². The van der Waals surface area contributed by atoms with Gasteiger partial charge in [0.05, 0.1) is 0 Å². The summed E-state index contributed by atoms with van der Waals surface area (Å²) in [6.07, 6.45) is 2.39. The van der Waals surface area contributed by atoms with Crippen LogP contribution in [-0.2, 0) is 14.3 Å². The summed E-state index contributed by atoms with van der Waals surface area (Å²) in [6, 6.07) is -0.769. The molecule has 0 bridgehead atoms. The van der Waals surface area contributed by atoms with Crippen molar-refractivity contribution in [2.45, 2.75) is 25.3 Å². The number of carboxylic acids is 1. The Hall–Kier alpha value is -1.10. The molecule has 76 valence electrons. The number of hydrogen-bond donors (Lipinski definition) is 2. The second-order valence-corrected chi connectivity index (χ2v) is 2.66. The Morgan fingerprint density at radius 2 is 2.31 bits per heavy atom. The van der Waals surface area contributed by atoms with Gasteiger partial charge in [-0.15, -0.1) is 0 Å². The van der Waals surface area contributed by atoms with Crippen molar-refractivity contribution in [3.63, 3.8) is 0 Å². The Kier molecular flexibility index (Phi) is 6.91. The summed E-state index contributed by atoms with van der Waals surface area (Å²) in [5.41, 5.74) is 0. The minimum Gasteiger partial charge on any atom is -0.480 e. The van der Waals surface area contributed by atoms with Gasteiger partial charge in [0.25, 0.3) is 0 Å². The van der Waals surface area contributed by atoms with E-state index in [0.717, 1.165) is 12.8 Å². The van der Waals surface area contributed by atoms with Crippen LogP contribution in [0.15, 0.2) is 0 Å². The summed E-state index contributed by atoms with van der Waals surface area (Å²) in [5.74, 6) is -0.996. The lowest BCUT2D eigenvalue weighted by Gasteiger charge is -2.09. The molecule has 13 heavy (non-hydrogen) atoms. The number of methoxy groups -OCH3 is 1. The van der Waals surface area contributed by atoms with Crippen LogP contribution in [0.25, 0.3) is 0 Å². The zero-order valence-corrected chi connectivity index (χ0v) is 7.66. The van der Waals surface area contributed by atoms with Crippen LogP contribution in [0.2, 0.25) is 0 Å². The molecular formula is C8H15NO4. The molecule has 0 saturated heterocycles. The molecule has 0 spiro atoms. The van der Waals surface area contributed by atoms with Gasteiger partial charge in [-0.3, -0.25) is 4.79 Å². The number of ether oxygens (including phenoxy) is 1. The van der Waals surface area contributed by atoms with Crippen LogP contribution >= 0.6 is 0 Å². The van der Waals surface area contributed by atoms with E-state index in [9.17, 15) is 9.59 Å². The second-order valence-electron chi connectivity index (χ2n) is 2.66. The highest BCUT2D eigenvalue weighted by molar-refractivity contribution is 5.76. The minimum atomic E-state index is -0.996. The lowest BCUT2D eigenvalue weighted by Crippen LogP contribution is -2.35. The smallest absolute Gasteiger partial charge is 0.326 e. The van der Waals surface area contributed by atoms with Crippen molar-refractivity contribution in [2.24, 2.45) is 0 Å². The third-order valence-electron chi connectivity index (χ3n) is 1.66. The lowest BCUT2D eigenvalue weighted by molar-refractivity contribution is -0.140. The van der Waals surface area contributed by atoms with Gasteiger partial charge in [-0.2, -0.15) is 0 Å². The van der Waals surface area contributed by atoms with E-state index in [4.69, 9.17) is 9.84 Å². The van der Waals surface area contributed by atoms with Gasteiger partial charge in [0.15, 0.2) is 0 Å². The Balaban J connectivity index is 3.56. The molecular weight excluding hydrogens is 174 g/mol. The van der Waals surface area contributed by atoms with Crippen LogP contribution < -0.4 is 5.32 Å². The number of amides is 1. The van der Waals surface area contributed by atoms with Gasteiger partial charge in [0.1, 0.15) is 6.04 Å². The Morgan fingerprint density at radius 3 is 2.77 bits per heavy atom. The molecule has 5 heteroatoms. The van der Waals surface area contributed by atoms with E-state index < -0.39 is 12.0 Å². The fourth-order valence-electron chi connectivity index (χ4n) is 0.955. The number of hydrogen-bond acceptors (Lipinski definition) is 3. The fraction of sp³-hybridized carbons (Fsp3) is 0.750. The topological polar surface area (TPSA) is 75.6 Å². The molecule has 0 aliphatic rings. The summed E-state index contributed by atoms with van der Waals surface area (Å²) in [7, 11) is 1.60. The average Bonchev–Trinajstić information content (AvgIpc) is 2.10. The first-order valence-corrected chi connectivity index (χ1v) is 4.13. The van der Waals surface area contributed by atoms with Gasteiger partial charge in [-0.1, -0.05) is 0 Å². The van der Waals surface area contributed by atoms with Gasteiger partial charge >= 0.3 is 5.97 Å². The standard InChI is InChI=1S/C8H15NO4/c1-13-5-3-2-4-7(8(11)12)9-6-10/h6-7H,2-5H2,1H3,(H,9,10)(H,11,12). The minimum absolute atomic E-state index is 0.412. The van der Waals surface area contributed by atoms with Crippen molar-refractivity contribution in [3.8, 4) is 0 Å². The Bertz CT molecular complexity index is 160. The Morgan fingerprint density at radius 1 is 1.62 bits per heavy atom. The van der Waals surface area contributed by atoms with Crippen molar-refractivity contribution in [2.75, 3.05) is 13.7 Å². The molecule has 1 unspecified atom stereocenters. The average molecular weight is 189 g/mol. The van der Waals surface area contributed by atoms with Crippen molar-refractivity contribution in [3.05, 3.63) is 0 Å². The summed E-state index contributed by atoms with van der Waals surface area (Å²) >= 11 is 0. The first-order chi connectivity index (χ1) is 6.22. The molecule has 0 aliphatic heterocycles. The molecule has 5 nitrogen and oxygen atoms in total. The molecule has 2 N–H and O–H groups in total. The summed E-state index contributed by atoms with van der Waals surface area (Å²) in [4.78, 5) is 20.5. The van der Waals surface area contributed by atoms with Crippen LogP contribution in [0.4, 0.5) is 0 Å². The molecule has 1 atom stereocenters. The highest BCUT2D eigenvalue weighted by Gasteiger charge is 2.14. The highest BCUT2D eigenvalue weighted by Crippen LogP contribution is 2.00. The van der Waals surface area contributed by atoms with Gasteiger partial charge in [0, 0.05) is 13.7 Å². The second kappa shape index (κ2) is 7.54.